The maximum Gasteiger partial charge on any atom is 0.351 e. The first-order valence-corrected chi connectivity index (χ1v) is 23.1. The fourth-order valence-corrected chi connectivity index (χ4v) is 9.43. The van der Waals surface area contributed by atoms with Crippen LogP contribution in [0, 0.1) is 13.8 Å². The molecule has 4 N–H and O–H groups in total. The van der Waals surface area contributed by atoms with Crippen molar-refractivity contribution in [2.75, 3.05) is 37.6 Å². The van der Waals surface area contributed by atoms with Crippen molar-refractivity contribution in [3.05, 3.63) is 186 Å². The number of hydrogen-bond acceptors (Lipinski definition) is 13. The van der Waals surface area contributed by atoms with E-state index in [2.05, 4.69) is 20.6 Å². The van der Waals surface area contributed by atoms with Crippen molar-refractivity contribution < 1.29 is 38.4 Å². The number of benzene rings is 4. The summed E-state index contributed by atoms with van der Waals surface area (Å²) in [4.78, 5) is 71.6. The molecule has 2 aliphatic rings. The summed E-state index contributed by atoms with van der Waals surface area (Å²) in [5, 5.41) is 16.7. The molecule has 0 aliphatic carbocycles. The van der Waals surface area contributed by atoms with Gasteiger partial charge in [-0.3, -0.25) is 28.5 Å². The van der Waals surface area contributed by atoms with E-state index < -0.39 is 65.3 Å². The quantitative estimate of drug-likeness (QED) is 0.0903. The standard InChI is InChI=1S/C50H52N6O11S/c1-30-25-55(48(61)53-45(30)52-47(60)32-11-7-5-8-12-32)43-23-38(51-42(58)29-68-28-41-39(57)24-44(67-41)56-26-31(2)46(59)54-49(56)62)40(66-43)27-65-50(33-13-9-6-10-14-33,34-15-19-36(63-3)20-16-34)35-17-21-37(64-4)22-18-35/h5-22,25-26,38-41,43-44,57H,23-24,27-29H2,1-4H3,(H,51,58)(H,54,59,62)(H,52,53,60,61)/t38-,39+,40-,41-,43-,44-/m1/s1. The van der Waals surface area contributed by atoms with Crippen LogP contribution in [0.1, 0.15) is 63.5 Å². The third-order valence-electron chi connectivity index (χ3n) is 12.1. The summed E-state index contributed by atoms with van der Waals surface area (Å²) in [5.74, 6) is 0.863. The van der Waals surface area contributed by atoms with Gasteiger partial charge in [0.2, 0.25) is 5.91 Å². The van der Waals surface area contributed by atoms with Crippen LogP contribution in [0.5, 0.6) is 11.5 Å². The Kier molecular flexibility index (Phi) is 14.7. The number of carbonyl (C=O) groups is 2. The highest BCUT2D eigenvalue weighted by Crippen LogP contribution is 2.43. The maximum absolute atomic E-state index is 13.9. The fourth-order valence-electron chi connectivity index (χ4n) is 8.51. The molecule has 0 bridgehead atoms. The third-order valence-corrected chi connectivity index (χ3v) is 13.1. The number of aliphatic hydroxyl groups excluding tert-OH is 1. The van der Waals surface area contributed by atoms with E-state index in [9.17, 15) is 29.1 Å². The molecule has 0 saturated carbocycles. The molecule has 0 spiro atoms. The van der Waals surface area contributed by atoms with Crippen molar-refractivity contribution in [2.45, 2.75) is 69.1 Å². The number of rotatable bonds is 17. The van der Waals surface area contributed by atoms with Gasteiger partial charge in [-0.05, 0) is 66.9 Å². The van der Waals surface area contributed by atoms with Gasteiger partial charge in [-0.2, -0.15) is 4.98 Å². The number of nitrogens with one attached hydrogen (secondary N) is 3. The number of H-pyrrole nitrogens is 1. The number of thioether (sulfide) groups is 1. The molecule has 2 fully saturated rings. The number of aryl methyl sites for hydroxylation is 2. The number of carbonyl (C=O) groups excluding carboxylic acids is 2. The van der Waals surface area contributed by atoms with E-state index >= 15 is 0 Å². The first-order chi connectivity index (χ1) is 32.9. The number of aliphatic hydroxyl groups is 1. The predicted molar refractivity (Wildman–Crippen MR) is 254 cm³/mol. The Morgan fingerprint density at radius 2 is 1.35 bits per heavy atom. The molecular formula is C50H52N6O11S. The zero-order valence-corrected chi connectivity index (χ0v) is 38.6. The van der Waals surface area contributed by atoms with Crippen molar-refractivity contribution in [3.8, 4) is 11.5 Å². The smallest absolute Gasteiger partial charge is 0.351 e. The molecule has 0 unspecified atom stereocenters. The van der Waals surface area contributed by atoms with E-state index in [1.165, 1.54) is 27.1 Å². The molecule has 8 rings (SSSR count). The number of anilines is 1. The van der Waals surface area contributed by atoms with Gasteiger partial charge in [-0.1, -0.05) is 72.8 Å². The summed E-state index contributed by atoms with van der Waals surface area (Å²) in [6, 6.07) is 32.8. The molecule has 18 heteroatoms. The second kappa shape index (κ2) is 21.0. The maximum atomic E-state index is 13.9. The lowest BCUT2D eigenvalue weighted by Gasteiger charge is -2.37. The molecule has 2 aromatic heterocycles. The largest absolute Gasteiger partial charge is 0.497 e. The molecule has 0 radical (unpaired) electrons. The van der Waals surface area contributed by atoms with Crippen LogP contribution in [-0.2, 0) is 24.6 Å². The summed E-state index contributed by atoms with van der Waals surface area (Å²) in [5.41, 5.74) is 0.575. The van der Waals surface area contributed by atoms with E-state index in [0.29, 0.717) is 28.2 Å². The monoisotopic (exact) mass is 944 g/mol. The van der Waals surface area contributed by atoms with Gasteiger partial charge in [0.25, 0.3) is 11.5 Å². The van der Waals surface area contributed by atoms with Crippen LogP contribution in [0.2, 0.25) is 0 Å². The average Bonchev–Trinajstić information content (AvgIpc) is 3.93. The van der Waals surface area contributed by atoms with Crippen LogP contribution < -0.4 is 37.0 Å². The van der Waals surface area contributed by atoms with Crippen LogP contribution in [0.3, 0.4) is 0 Å². The normalized spacial score (nSPS) is 20.2. The van der Waals surface area contributed by atoms with Gasteiger partial charge >= 0.3 is 11.4 Å². The minimum atomic E-state index is -1.22. The molecule has 354 valence electrons. The topological polar surface area (TPSA) is 214 Å². The zero-order chi connectivity index (χ0) is 48.0. The van der Waals surface area contributed by atoms with Crippen molar-refractivity contribution in [2.24, 2.45) is 0 Å². The van der Waals surface area contributed by atoms with E-state index in [1.54, 1.807) is 64.6 Å². The number of aromatic nitrogens is 4. The average molecular weight is 945 g/mol. The molecule has 6 aromatic rings. The number of amides is 2. The molecule has 68 heavy (non-hydrogen) atoms. The Morgan fingerprint density at radius 1 is 0.779 bits per heavy atom. The lowest BCUT2D eigenvalue weighted by Crippen LogP contribution is -2.45. The first kappa shape index (κ1) is 47.7. The highest BCUT2D eigenvalue weighted by Gasteiger charge is 2.43. The van der Waals surface area contributed by atoms with Crippen molar-refractivity contribution in [3.63, 3.8) is 0 Å². The van der Waals surface area contributed by atoms with Crippen molar-refractivity contribution in [1.29, 1.82) is 0 Å². The van der Waals surface area contributed by atoms with E-state index in [4.69, 9.17) is 23.7 Å². The number of ether oxygens (including phenoxy) is 5. The Labute approximate surface area is 395 Å². The second-order valence-electron chi connectivity index (χ2n) is 16.6. The highest BCUT2D eigenvalue weighted by atomic mass is 32.2. The predicted octanol–water partition coefficient (Wildman–Crippen LogP) is 4.84. The lowest BCUT2D eigenvalue weighted by molar-refractivity contribution is -0.120. The molecule has 2 saturated heterocycles. The highest BCUT2D eigenvalue weighted by molar-refractivity contribution is 8.00. The van der Waals surface area contributed by atoms with Gasteiger partial charge in [0.05, 0.1) is 44.8 Å². The Balaban J connectivity index is 1.06. The lowest BCUT2D eigenvalue weighted by atomic mass is 9.80. The van der Waals surface area contributed by atoms with Crippen LogP contribution >= 0.6 is 11.8 Å². The SMILES string of the molecule is COc1ccc(C(OC[C@H]2O[C@@H](n3cc(C)c(NC(=O)c4ccccc4)nc3=O)C[C@H]2NC(=O)CSC[C@H]2O[C@@H](n3cc(C)c(=O)[nH]c3=O)C[C@@H]2O)(c2ccccc2)c2ccc(OC)cc2)cc1. The zero-order valence-electron chi connectivity index (χ0n) is 37.8. The fraction of sp³-hybridized carbons (Fsp3) is 0.320. The molecule has 17 nitrogen and oxygen atoms in total. The van der Waals surface area contributed by atoms with E-state index in [1.807, 2.05) is 78.9 Å². The van der Waals surface area contributed by atoms with E-state index in [-0.39, 0.29) is 42.7 Å². The summed E-state index contributed by atoms with van der Waals surface area (Å²) < 4.78 is 33.6. The number of methoxy groups -OCH3 is 2. The Morgan fingerprint density at radius 3 is 1.99 bits per heavy atom. The van der Waals surface area contributed by atoms with Gasteiger partial charge in [-0.25, -0.2) is 9.59 Å². The summed E-state index contributed by atoms with van der Waals surface area (Å²) in [6.07, 6.45) is -0.859. The minimum Gasteiger partial charge on any atom is -0.497 e. The summed E-state index contributed by atoms with van der Waals surface area (Å²) in [7, 11) is 3.19. The van der Waals surface area contributed by atoms with Crippen LogP contribution in [0.25, 0.3) is 0 Å². The molecule has 4 aromatic carbocycles. The second-order valence-corrected chi connectivity index (χ2v) is 17.6. The number of nitrogens with zero attached hydrogens (tertiary/aromatic N) is 3. The van der Waals surface area contributed by atoms with Gasteiger partial charge < -0.3 is 39.4 Å². The van der Waals surface area contributed by atoms with Gasteiger partial charge in [-0.15, -0.1) is 11.8 Å². The minimum absolute atomic E-state index is 0.0220. The molecule has 2 amide bonds. The summed E-state index contributed by atoms with van der Waals surface area (Å²) >= 11 is 1.24. The molecule has 4 heterocycles. The number of hydrogen-bond donors (Lipinski definition) is 4. The van der Waals surface area contributed by atoms with E-state index in [0.717, 1.165) is 16.7 Å². The number of aromatic amines is 1. The van der Waals surface area contributed by atoms with Gasteiger partial charge in [0, 0.05) is 47.7 Å². The Bertz CT molecular complexity index is 2850. The van der Waals surface area contributed by atoms with Crippen LogP contribution in [0.4, 0.5) is 5.82 Å². The van der Waals surface area contributed by atoms with Crippen molar-refractivity contribution >= 4 is 29.4 Å². The van der Waals surface area contributed by atoms with Crippen molar-refractivity contribution in [1.82, 2.24) is 24.4 Å². The molecular weight excluding hydrogens is 893 g/mol. The Hall–Kier alpha value is -6.83. The van der Waals surface area contributed by atoms with Gasteiger partial charge in [0.1, 0.15) is 41.5 Å². The summed E-state index contributed by atoms with van der Waals surface area (Å²) in [6.45, 7) is 3.23. The van der Waals surface area contributed by atoms with Crippen LogP contribution in [-0.4, -0.2) is 92.7 Å². The third kappa shape index (κ3) is 10.3. The van der Waals surface area contributed by atoms with Crippen LogP contribution in [0.15, 0.2) is 136 Å². The first-order valence-electron chi connectivity index (χ1n) is 22.0. The van der Waals surface area contributed by atoms with Gasteiger partial charge in [0.15, 0.2) is 0 Å². The molecule has 6 atom stereocenters. The molecule has 2 aliphatic heterocycles.